The van der Waals surface area contributed by atoms with Crippen LogP contribution in [-0.2, 0) is 14.3 Å². The molecule has 1 heterocycles. The lowest BCUT2D eigenvalue weighted by atomic mass is 10.0. The van der Waals surface area contributed by atoms with Gasteiger partial charge in [0.25, 0.3) is 0 Å². The van der Waals surface area contributed by atoms with Crippen molar-refractivity contribution in [3.63, 3.8) is 0 Å². The molecule has 0 aliphatic carbocycles. The van der Waals surface area contributed by atoms with Crippen LogP contribution in [0.3, 0.4) is 0 Å². The van der Waals surface area contributed by atoms with Gasteiger partial charge in [0.2, 0.25) is 5.91 Å². The molecular formula is C11H20N2O3. The van der Waals surface area contributed by atoms with Crippen molar-refractivity contribution in [2.45, 2.75) is 32.7 Å². The molecular weight excluding hydrogens is 208 g/mol. The Morgan fingerprint density at radius 1 is 1.56 bits per heavy atom. The number of ether oxygens (including phenoxy) is 1. The summed E-state index contributed by atoms with van der Waals surface area (Å²) in [7, 11) is 0. The first-order valence-electron chi connectivity index (χ1n) is 5.86. The lowest BCUT2D eigenvalue weighted by molar-refractivity contribution is -0.150. The van der Waals surface area contributed by atoms with E-state index in [-0.39, 0.29) is 24.5 Å². The van der Waals surface area contributed by atoms with Crippen molar-refractivity contribution < 1.29 is 14.3 Å². The number of esters is 1. The molecule has 5 nitrogen and oxygen atoms in total. The van der Waals surface area contributed by atoms with Crippen LogP contribution in [0.4, 0.5) is 0 Å². The number of likely N-dealkylation sites (N-methyl/N-ethyl adjacent to an activating group) is 1. The number of likely N-dealkylation sites (tertiary alicyclic amines) is 1. The van der Waals surface area contributed by atoms with E-state index in [0.29, 0.717) is 13.2 Å². The summed E-state index contributed by atoms with van der Waals surface area (Å²) >= 11 is 0. The SMILES string of the molecule is CCNC1CCCN(CC(=O)OCC)C1=O. The molecule has 1 aliphatic rings. The number of carbonyl (C=O) groups excluding carboxylic acids is 2. The normalized spacial score (nSPS) is 21.0. The van der Waals surface area contributed by atoms with E-state index in [0.717, 1.165) is 19.4 Å². The zero-order valence-electron chi connectivity index (χ0n) is 9.99. The predicted octanol–water partition coefficient (Wildman–Crippen LogP) is 0.150. The minimum absolute atomic E-state index is 0.0150. The highest BCUT2D eigenvalue weighted by Crippen LogP contribution is 2.11. The van der Waals surface area contributed by atoms with Gasteiger partial charge in [-0.1, -0.05) is 6.92 Å². The van der Waals surface area contributed by atoms with E-state index in [9.17, 15) is 9.59 Å². The largest absolute Gasteiger partial charge is 0.465 e. The second-order valence-electron chi connectivity index (χ2n) is 3.82. The maximum atomic E-state index is 11.9. The maximum absolute atomic E-state index is 11.9. The highest BCUT2D eigenvalue weighted by atomic mass is 16.5. The number of piperidine rings is 1. The molecule has 0 aromatic carbocycles. The Morgan fingerprint density at radius 3 is 2.94 bits per heavy atom. The molecule has 0 aromatic heterocycles. The lowest BCUT2D eigenvalue weighted by Crippen LogP contribution is -2.52. The molecule has 0 aromatic rings. The van der Waals surface area contributed by atoms with Gasteiger partial charge in [0.05, 0.1) is 12.6 Å². The molecule has 0 saturated carbocycles. The average Bonchev–Trinajstić information content (AvgIpc) is 2.24. The van der Waals surface area contributed by atoms with Gasteiger partial charge < -0.3 is 15.0 Å². The van der Waals surface area contributed by atoms with Gasteiger partial charge in [-0.25, -0.2) is 0 Å². The molecule has 1 unspecified atom stereocenters. The Balaban J connectivity index is 2.46. The van der Waals surface area contributed by atoms with E-state index < -0.39 is 0 Å². The third-order valence-electron chi connectivity index (χ3n) is 2.61. The molecule has 5 heteroatoms. The van der Waals surface area contributed by atoms with E-state index in [1.807, 2.05) is 6.92 Å². The Kier molecular flexibility index (Phi) is 5.25. The van der Waals surface area contributed by atoms with Crippen molar-refractivity contribution in [2.24, 2.45) is 0 Å². The lowest BCUT2D eigenvalue weighted by Gasteiger charge is -2.31. The summed E-state index contributed by atoms with van der Waals surface area (Å²) in [6.07, 6.45) is 1.79. The van der Waals surface area contributed by atoms with Crippen LogP contribution in [0.25, 0.3) is 0 Å². The third kappa shape index (κ3) is 3.48. The smallest absolute Gasteiger partial charge is 0.325 e. The van der Waals surface area contributed by atoms with Crippen LogP contribution < -0.4 is 5.32 Å². The summed E-state index contributed by atoms with van der Waals surface area (Å²) < 4.78 is 4.83. The van der Waals surface area contributed by atoms with Crippen molar-refractivity contribution in [3.8, 4) is 0 Å². The monoisotopic (exact) mass is 228 g/mol. The highest BCUT2D eigenvalue weighted by molar-refractivity contribution is 5.86. The fourth-order valence-electron chi connectivity index (χ4n) is 1.90. The minimum atomic E-state index is -0.326. The molecule has 1 rings (SSSR count). The highest BCUT2D eigenvalue weighted by Gasteiger charge is 2.29. The predicted molar refractivity (Wildman–Crippen MR) is 59.9 cm³/mol. The Morgan fingerprint density at radius 2 is 2.31 bits per heavy atom. The zero-order valence-corrected chi connectivity index (χ0v) is 9.99. The number of hydrogen-bond acceptors (Lipinski definition) is 4. The van der Waals surface area contributed by atoms with Crippen LogP contribution in [0.15, 0.2) is 0 Å². The van der Waals surface area contributed by atoms with Crippen molar-refractivity contribution >= 4 is 11.9 Å². The van der Waals surface area contributed by atoms with E-state index in [2.05, 4.69) is 5.32 Å². The van der Waals surface area contributed by atoms with Gasteiger partial charge in [-0.2, -0.15) is 0 Å². The number of nitrogens with zero attached hydrogens (tertiary/aromatic N) is 1. The van der Waals surface area contributed by atoms with Gasteiger partial charge in [0.15, 0.2) is 0 Å². The summed E-state index contributed by atoms with van der Waals surface area (Å²) in [6, 6.07) is -0.131. The van der Waals surface area contributed by atoms with Crippen LogP contribution in [0, 0.1) is 0 Å². The fourth-order valence-corrected chi connectivity index (χ4v) is 1.90. The van der Waals surface area contributed by atoms with Crippen molar-refractivity contribution in [1.29, 1.82) is 0 Å². The zero-order chi connectivity index (χ0) is 12.0. The van der Waals surface area contributed by atoms with Crippen LogP contribution in [0.2, 0.25) is 0 Å². The molecule has 1 N–H and O–H groups in total. The molecule has 1 amide bonds. The van der Waals surface area contributed by atoms with Gasteiger partial charge in [-0.15, -0.1) is 0 Å². The van der Waals surface area contributed by atoms with Crippen molar-refractivity contribution in [1.82, 2.24) is 10.2 Å². The molecule has 1 aliphatic heterocycles. The number of rotatable bonds is 5. The number of nitrogens with one attached hydrogen (secondary N) is 1. The maximum Gasteiger partial charge on any atom is 0.325 e. The number of hydrogen-bond donors (Lipinski definition) is 1. The molecule has 1 atom stereocenters. The summed E-state index contributed by atoms with van der Waals surface area (Å²) in [4.78, 5) is 24.8. The average molecular weight is 228 g/mol. The molecule has 0 spiro atoms. The van der Waals surface area contributed by atoms with Gasteiger partial charge in [0.1, 0.15) is 6.54 Å². The molecule has 16 heavy (non-hydrogen) atoms. The van der Waals surface area contributed by atoms with Crippen LogP contribution in [-0.4, -0.2) is 49.1 Å². The summed E-state index contributed by atoms with van der Waals surface area (Å²) in [5.74, 6) is -0.311. The van der Waals surface area contributed by atoms with Gasteiger partial charge >= 0.3 is 5.97 Å². The topological polar surface area (TPSA) is 58.6 Å². The van der Waals surface area contributed by atoms with Gasteiger partial charge in [-0.3, -0.25) is 9.59 Å². The summed E-state index contributed by atoms with van der Waals surface area (Å²) in [5.41, 5.74) is 0. The van der Waals surface area contributed by atoms with Gasteiger partial charge in [-0.05, 0) is 26.3 Å². The number of amides is 1. The first-order valence-corrected chi connectivity index (χ1v) is 5.86. The minimum Gasteiger partial charge on any atom is -0.465 e. The van der Waals surface area contributed by atoms with E-state index in [1.54, 1.807) is 11.8 Å². The Labute approximate surface area is 96.1 Å². The van der Waals surface area contributed by atoms with Gasteiger partial charge in [0, 0.05) is 6.54 Å². The second-order valence-corrected chi connectivity index (χ2v) is 3.82. The van der Waals surface area contributed by atoms with Crippen molar-refractivity contribution in [3.05, 3.63) is 0 Å². The molecule has 1 fully saturated rings. The standard InChI is InChI=1S/C11H20N2O3/c1-3-12-9-6-5-7-13(11(9)15)8-10(14)16-4-2/h9,12H,3-8H2,1-2H3. The van der Waals surface area contributed by atoms with Crippen LogP contribution >= 0.6 is 0 Å². The third-order valence-corrected chi connectivity index (χ3v) is 2.61. The first-order chi connectivity index (χ1) is 7.69. The summed E-state index contributed by atoms with van der Waals surface area (Å²) in [5, 5.41) is 3.13. The van der Waals surface area contributed by atoms with Crippen LogP contribution in [0.5, 0.6) is 0 Å². The molecule has 0 radical (unpaired) electrons. The summed E-state index contributed by atoms with van der Waals surface area (Å²) in [6.45, 7) is 5.59. The van der Waals surface area contributed by atoms with Crippen LogP contribution in [0.1, 0.15) is 26.7 Å². The second kappa shape index (κ2) is 6.48. The first kappa shape index (κ1) is 13.0. The Bertz CT molecular complexity index is 254. The van der Waals surface area contributed by atoms with E-state index in [1.165, 1.54) is 0 Å². The molecule has 0 bridgehead atoms. The van der Waals surface area contributed by atoms with E-state index in [4.69, 9.17) is 4.74 Å². The molecule has 92 valence electrons. The molecule has 1 saturated heterocycles. The van der Waals surface area contributed by atoms with Crippen molar-refractivity contribution in [2.75, 3.05) is 26.2 Å². The van der Waals surface area contributed by atoms with E-state index >= 15 is 0 Å². The Hall–Kier alpha value is -1.10. The quantitative estimate of drug-likeness (QED) is 0.680. The number of carbonyl (C=O) groups is 2. The fraction of sp³-hybridized carbons (Fsp3) is 0.818.